The van der Waals surface area contributed by atoms with Crippen molar-refractivity contribution < 1.29 is 4.74 Å². The average molecular weight is 283 g/mol. The maximum Gasteiger partial charge on any atom is 0.0616 e. The Morgan fingerprint density at radius 3 is 2.75 bits per heavy atom. The van der Waals surface area contributed by atoms with Crippen LogP contribution in [0.1, 0.15) is 40.0 Å². The van der Waals surface area contributed by atoms with Crippen molar-refractivity contribution in [2.24, 2.45) is 11.7 Å². The average Bonchev–Trinajstić information content (AvgIpc) is 2.59. The SMILES string of the molecule is CC(C)C1CC(CN)(N2CCCN(C)CC2C)CCO1. The third kappa shape index (κ3) is 3.35. The lowest BCUT2D eigenvalue weighted by molar-refractivity contribution is -0.0957. The molecule has 2 heterocycles. The van der Waals surface area contributed by atoms with Gasteiger partial charge in [0, 0.05) is 37.8 Å². The molecule has 118 valence electrons. The Morgan fingerprint density at radius 2 is 2.10 bits per heavy atom. The fourth-order valence-electron chi connectivity index (χ4n) is 4.00. The van der Waals surface area contributed by atoms with Crippen molar-refractivity contribution in [1.82, 2.24) is 9.80 Å². The molecule has 2 N–H and O–H groups in total. The predicted octanol–water partition coefficient (Wildman–Crippen LogP) is 1.54. The summed E-state index contributed by atoms with van der Waals surface area (Å²) in [6, 6.07) is 0.581. The van der Waals surface area contributed by atoms with Crippen molar-refractivity contribution in [2.75, 3.05) is 39.8 Å². The summed E-state index contributed by atoms with van der Waals surface area (Å²) in [5, 5.41) is 0. The highest BCUT2D eigenvalue weighted by atomic mass is 16.5. The minimum Gasteiger partial charge on any atom is -0.378 e. The third-order valence-corrected chi connectivity index (χ3v) is 5.26. The number of nitrogens with two attached hydrogens (primary N) is 1. The van der Waals surface area contributed by atoms with Crippen LogP contribution in [0.5, 0.6) is 0 Å². The van der Waals surface area contributed by atoms with Gasteiger partial charge >= 0.3 is 0 Å². The highest BCUT2D eigenvalue weighted by Gasteiger charge is 2.43. The molecule has 0 aromatic rings. The first kappa shape index (κ1) is 16.2. The summed E-state index contributed by atoms with van der Waals surface area (Å²) >= 11 is 0. The van der Waals surface area contributed by atoms with E-state index in [4.69, 9.17) is 10.5 Å². The Labute approximate surface area is 124 Å². The number of nitrogens with zero attached hydrogens (tertiary/aromatic N) is 2. The number of rotatable bonds is 3. The molecule has 2 aliphatic heterocycles. The van der Waals surface area contributed by atoms with Gasteiger partial charge in [-0.15, -0.1) is 0 Å². The Hall–Kier alpha value is -0.160. The van der Waals surface area contributed by atoms with Crippen LogP contribution < -0.4 is 5.73 Å². The summed E-state index contributed by atoms with van der Waals surface area (Å²) in [5.41, 5.74) is 6.42. The molecule has 0 aromatic carbocycles. The quantitative estimate of drug-likeness (QED) is 0.853. The predicted molar refractivity (Wildman–Crippen MR) is 83.9 cm³/mol. The van der Waals surface area contributed by atoms with Gasteiger partial charge in [0.05, 0.1) is 6.10 Å². The van der Waals surface area contributed by atoms with E-state index in [1.807, 2.05) is 0 Å². The summed E-state index contributed by atoms with van der Waals surface area (Å²) in [7, 11) is 2.23. The highest BCUT2D eigenvalue weighted by Crippen LogP contribution is 2.35. The molecule has 0 aromatic heterocycles. The summed E-state index contributed by atoms with van der Waals surface area (Å²) in [6.07, 6.45) is 3.78. The van der Waals surface area contributed by atoms with E-state index in [9.17, 15) is 0 Å². The van der Waals surface area contributed by atoms with Gasteiger partial charge in [-0.25, -0.2) is 0 Å². The normalized spacial score (nSPS) is 38.1. The third-order valence-electron chi connectivity index (χ3n) is 5.26. The Morgan fingerprint density at radius 1 is 1.35 bits per heavy atom. The molecule has 0 bridgehead atoms. The molecule has 0 aliphatic carbocycles. The van der Waals surface area contributed by atoms with E-state index < -0.39 is 0 Å². The molecule has 3 unspecified atom stereocenters. The second kappa shape index (κ2) is 6.73. The smallest absolute Gasteiger partial charge is 0.0616 e. The minimum atomic E-state index is 0.151. The maximum atomic E-state index is 6.27. The van der Waals surface area contributed by atoms with E-state index in [2.05, 4.69) is 37.6 Å². The molecule has 20 heavy (non-hydrogen) atoms. The lowest BCUT2D eigenvalue weighted by atomic mass is 9.81. The first-order chi connectivity index (χ1) is 9.48. The van der Waals surface area contributed by atoms with Gasteiger partial charge in [0.1, 0.15) is 0 Å². The summed E-state index contributed by atoms with van der Waals surface area (Å²) in [6.45, 7) is 12.0. The molecule has 4 heteroatoms. The first-order valence-corrected chi connectivity index (χ1v) is 8.25. The second-order valence-electron chi connectivity index (χ2n) is 7.19. The Kier molecular flexibility index (Phi) is 5.46. The van der Waals surface area contributed by atoms with Gasteiger partial charge in [-0.05, 0) is 45.7 Å². The van der Waals surface area contributed by atoms with Crippen LogP contribution in [0.15, 0.2) is 0 Å². The van der Waals surface area contributed by atoms with Gasteiger partial charge in [-0.1, -0.05) is 13.8 Å². The molecule has 0 radical (unpaired) electrons. The van der Waals surface area contributed by atoms with Gasteiger partial charge in [-0.2, -0.15) is 0 Å². The van der Waals surface area contributed by atoms with Crippen LogP contribution in [-0.2, 0) is 4.74 Å². The zero-order valence-electron chi connectivity index (χ0n) is 13.8. The van der Waals surface area contributed by atoms with Gasteiger partial charge < -0.3 is 15.4 Å². The Bertz CT molecular complexity index is 310. The molecule has 3 atom stereocenters. The number of hydrogen-bond donors (Lipinski definition) is 1. The molecule has 2 aliphatic rings. The molecule has 0 saturated carbocycles. The van der Waals surface area contributed by atoms with Crippen LogP contribution >= 0.6 is 0 Å². The van der Waals surface area contributed by atoms with E-state index in [-0.39, 0.29) is 5.54 Å². The van der Waals surface area contributed by atoms with Gasteiger partial charge in [0.15, 0.2) is 0 Å². The molecule has 4 nitrogen and oxygen atoms in total. The fraction of sp³-hybridized carbons (Fsp3) is 1.00. The van der Waals surface area contributed by atoms with E-state index >= 15 is 0 Å². The number of likely N-dealkylation sites (N-methyl/N-ethyl adjacent to an activating group) is 1. The van der Waals surface area contributed by atoms with Crippen molar-refractivity contribution in [2.45, 2.75) is 57.7 Å². The van der Waals surface area contributed by atoms with Gasteiger partial charge in [0.25, 0.3) is 0 Å². The first-order valence-electron chi connectivity index (χ1n) is 8.25. The lowest BCUT2D eigenvalue weighted by Gasteiger charge is -2.51. The van der Waals surface area contributed by atoms with E-state index in [0.29, 0.717) is 18.1 Å². The van der Waals surface area contributed by atoms with Crippen molar-refractivity contribution in [1.29, 1.82) is 0 Å². The molecule has 0 spiro atoms. The van der Waals surface area contributed by atoms with E-state index in [0.717, 1.165) is 32.5 Å². The maximum absolute atomic E-state index is 6.27. The monoisotopic (exact) mass is 283 g/mol. The molecule has 2 saturated heterocycles. The van der Waals surface area contributed by atoms with Crippen molar-refractivity contribution >= 4 is 0 Å². The van der Waals surface area contributed by atoms with Crippen LogP contribution in [0.25, 0.3) is 0 Å². The molecule has 0 amide bonds. The fourth-order valence-corrected chi connectivity index (χ4v) is 4.00. The van der Waals surface area contributed by atoms with Crippen molar-refractivity contribution in [3.8, 4) is 0 Å². The standard InChI is InChI=1S/C16H33N3O/c1-13(2)15-10-16(12-17,6-9-20-15)19-8-5-7-18(4)11-14(19)3/h13-15H,5-12,17H2,1-4H3. The van der Waals surface area contributed by atoms with Crippen LogP contribution in [-0.4, -0.2) is 67.3 Å². The van der Waals surface area contributed by atoms with E-state index in [1.54, 1.807) is 0 Å². The lowest BCUT2D eigenvalue weighted by Crippen LogP contribution is -2.62. The van der Waals surface area contributed by atoms with Crippen LogP contribution in [0.3, 0.4) is 0 Å². The van der Waals surface area contributed by atoms with Crippen LogP contribution in [0.2, 0.25) is 0 Å². The summed E-state index contributed by atoms with van der Waals surface area (Å²) in [4.78, 5) is 5.16. The zero-order chi connectivity index (χ0) is 14.8. The van der Waals surface area contributed by atoms with Crippen molar-refractivity contribution in [3.05, 3.63) is 0 Å². The zero-order valence-corrected chi connectivity index (χ0v) is 13.8. The largest absolute Gasteiger partial charge is 0.378 e. The topological polar surface area (TPSA) is 41.7 Å². The van der Waals surface area contributed by atoms with Crippen molar-refractivity contribution in [3.63, 3.8) is 0 Å². The van der Waals surface area contributed by atoms with Crippen LogP contribution in [0.4, 0.5) is 0 Å². The van der Waals surface area contributed by atoms with Crippen LogP contribution in [0, 0.1) is 5.92 Å². The summed E-state index contributed by atoms with van der Waals surface area (Å²) in [5.74, 6) is 0.575. The second-order valence-corrected chi connectivity index (χ2v) is 7.19. The highest BCUT2D eigenvalue weighted by molar-refractivity contribution is 4.99. The number of ether oxygens (including phenoxy) is 1. The van der Waals surface area contributed by atoms with Gasteiger partial charge in [0.2, 0.25) is 0 Å². The van der Waals surface area contributed by atoms with Gasteiger partial charge in [-0.3, -0.25) is 4.90 Å². The summed E-state index contributed by atoms with van der Waals surface area (Å²) < 4.78 is 5.98. The molecule has 2 rings (SSSR count). The molecule has 2 fully saturated rings. The minimum absolute atomic E-state index is 0.151. The number of hydrogen-bond acceptors (Lipinski definition) is 4. The Balaban J connectivity index is 2.16. The molecular formula is C16H33N3O. The van der Waals surface area contributed by atoms with E-state index in [1.165, 1.54) is 19.5 Å². The molecular weight excluding hydrogens is 250 g/mol.